The van der Waals surface area contributed by atoms with Crippen molar-refractivity contribution in [1.82, 2.24) is 9.80 Å². The molecule has 0 N–H and O–H groups in total. The smallest absolute Gasteiger partial charge is 0.254 e. The van der Waals surface area contributed by atoms with Crippen molar-refractivity contribution in [1.29, 1.82) is 0 Å². The molecule has 6 heteroatoms. The Kier molecular flexibility index (Phi) is 6.68. The molecule has 1 aliphatic heterocycles. The molecule has 0 spiro atoms. The van der Waals surface area contributed by atoms with Gasteiger partial charge >= 0.3 is 0 Å². The first kappa shape index (κ1) is 22.2. The molecular weight excluding hydrogens is 427 g/mol. The largest absolute Gasteiger partial charge is 0.336 e. The zero-order chi connectivity index (χ0) is 22.7. The first-order valence-corrected chi connectivity index (χ1v) is 11.0. The van der Waals surface area contributed by atoms with E-state index >= 15 is 0 Å². The number of nitrogens with zero attached hydrogens (tertiary/aromatic N) is 2. The second-order valence-electron chi connectivity index (χ2n) is 8.04. The Balaban J connectivity index is 1.44. The van der Waals surface area contributed by atoms with Crippen LogP contribution in [0.5, 0.6) is 0 Å². The van der Waals surface area contributed by atoms with Crippen LogP contribution in [0, 0.1) is 12.7 Å². The predicted molar refractivity (Wildman–Crippen MR) is 124 cm³/mol. The van der Waals surface area contributed by atoms with Crippen molar-refractivity contribution in [2.75, 3.05) is 26.2 Å². The third kappa shape index (κ3) is 4.90. The van der Waals surface area contributed by atoms with Crippen LogP contribution in [0.15, 0.2) is 66.7 Å². The quantitative estimate of drug-likeness (QED) is 0.515. The van der Waals surface area contributed by atoms with Crippen LogP contribution in [0.2, 0.25) is 5.02 Å². The number of carbonyl (C=O) groups is 2. The molecule has 164 valence electrons. The maximum absolute atomic E-state index is 13.3. The van der Waals surface area contributed by atoms with Crippen molar-refractivity contribution >= 4 is 23.3 Å². The number of rotatable bonds is 5. The van der Waals surface area contributed by atoms with Gasteiger partial charge < -0.3 is 4.90 Å². The predicted octanol–water partition coefficient (Wildman–Crippen LogP) is 4.98. The number of benzene rings is 3. The molecule has 0 unspecified atom stereocenters. The lowest BCUT2D eigenvalue weighted by atomic mass is 9.97. The summed E-state index contributed by atoms with van der Waals surface area (Å²) >= 11 is 6.15. The molecule has 3 aromatic rings. The molecule has 4 nitrogen and oxygen atoms in total. The van der Waals surface area contributed by atoms with Crippen LogP contribution < -0.4 is 0 Å². The topological polar surface area (TPSA) is 40.6 Å². The lowest BCUT2D eigenvalue weighted by Crippen LogP contribution is -2.48. The lowest BCUT2D eigenvalue weighted by molar-refractivity contribution is 0.0625. The molecule has 1 amide bonds. The van der Waals surface area contributed by atoms with Gasteiger partial charge in [0.25, 0.3) is 5.91 Å². The normalized spacial score (nSPS) is 14.4. The van der Waals surface area contributed by atoms with Crippen molar-refractivity contribution in [3.8, 4) is 0 Å². The van der Waals surface area contributed by atoms with Crippen LogP contribution in [0.25, 0.3) is 0 Å². The zero-order valence-corrected chi connectivity index (χ0v) is 18.6. The van der Waals surface area contributed by atoms with Gasteiger partial charge in [-0.05, 0) is 30.7 Å². The summed E-state index contributed by atoms with van der Waals surface area (Å²) in [6.07, 6.45) is 0. The van der Waals surface area contributed by atoms with Gasteiger partial charge in [-0.15, -0.1) is 0 Å². The van der Waals surface area contributed by atoms with Crippen molar-refractivity contribution in [3.05, 3.63) is 105 Å². The molecule has 1 aliphatic rings. The summed E-state index contributed by atoms with van der Waals surface area (Å²) < 4.78 is 13.3. The molecule has 0 saturated carbocycles. The number of amides is 1. The van der Waals surface area contributed by atoms with Crippen LogP contribution in [0.1, 0.15) is 37.4 Å². The zero-order valence-electron chi connectivity index (χ0n) is 17.9. The average molecular weight is 451 g/mol. The first-order valence-electron chi connectivity index (χ1n) is 10.6. The number of hydrogen-bond donors (Lipinski definition) is 0. The van der Waals surface area contributed by atoms with Gasteiger partial charge in [0.1, 0.15) is 5.82 Å². The minimum absolute atomic E-state index is 0.138. The van der Waals surface area contributed by atoms with Gasteiger partial charge in [-0.3, -0.25) is 14.5 Å². The molecule has 4 rings (SSSR count). The molecule has 0 bridgehead atoms. The Morgan fingerprint density at radius 3 is 2.22 bits per heavy atom. The minimum atomic E-state index is -0.354. The van der Waals surface area contributed by atoms with Gasteiger partial charge in [0.15, 0.2) is 5.78 Å². The number of hydrogen-bond acceptors (Lipinski definition) is 3. The summed E-state index contributed by atoms with van der Waals surface area (Å²) in [4.78, 5) is 30.3. The van der Waals surface area contributed by atoms with E-state index in [9.17, 15) is 14.0 Å². The number of halogens is 2. The standard InChI is InChI=1S/C26H24ClFN2O2/c1-18-6-8-19(9-7-18)25(31)22-4-2-3-5-23(22)26(32)30-14-12-29(13-15-30)17-20-10-11-21(28)16-24(20)27/h2-11,16H,12-15,17H2,1H3. The SMILES string of the molecule is Cc1ccc(C(=O)c2ccccc2C(=O)N2CCN(Cc3ccc(F)cc3Cl)CC2)cc1. The monoisotopic (exact) mass is 450 g/mol. The molecule has 0 radical (unpaired) electrons. The van der Waals surface area contributed by atoms with E-state index in [-0.39, 0.29) is 17.5 Å². The summed E-state index contributed by atoms with van der Waals surface area (Å²) in [5, 5.41) is 0.409. The summed E-state index contributed by atoms with van der Waals surface area (Å²) in [7, 11) is 0. The Bertz CT molecular complexity index is 1140. The molecule has 1 fully saturated rings. The van der Waals surface area contributed by atoms with Crippen molar-refractivity contribution in [2.24, 2.45) is 0 Å². The Hall–Kier alpha value is -3.02. The molecule has 0 atom stereocenters. The number of ketones is 1. The van der Waals surface area contributed by atoms with Crippen molar-refractivity contribution < 1.29 is 14.0 Å². The molecule has 0 aromatic heterocycles. The van der Waals surface area contributed by atoms with Crippen LogP contribution in [0.3, 0.4) is 0 Å². The van der Waals surface area contributed by atoms with E-state index in [1.165, 1.54) is 12.1 Å². The number of piperazine rings is 1. The van der Waals surface area contributed by atoms with E-state index in [1.807, 2.05) is 19.1 Å². The summed E-state index contributed by atoms with van der Waals surface area (Å²) in [6, 6.07) is 18.8. The maximum Gasteiger partial charge on any atom is 0.254 e. The van der Waals surface area contributed by atoms with Gasteiger partial charge in [0, 0.05) is 48.9 Å². The molecule has 3 aromatic carbocycles. The summed E-state index contributed by atoms with van der Waals surface area (Å²) in [6.45, 7) is 5.01. The highest BCUT2D eigenvalue weighted by molar-refractivity contribution is 6.31. The van der Waals surface area contributed by atoms with E-state index in [1.54, 1.807) is 47.4 Å². The van der Waals surface area contributed by atoms with Crippen LogP contribution in [-0.2, 0) is 6.54 Å². The van der Waals surface area contributed by atoms with Crippen LogP contribution in [0.4, 0.5) is 4.39 Å². The van der Waals surface area contributed by atoms with E-state index < -0.39 is 0 Å². The summed E-state index contributed by atoms with van der Waals surface area (Å²) in [5.41, 5.74) is 3.35. The Morgan fingerprint density at radius 2 is 1.56 bits per heavy atom. The molecule has 1 saturated heterocycles. The van der Waals surface area contributed by atoms with E-state index in [0.29, 0.717) is 54.4 Å². The summed E-state index contributed by atoms with van der Waals surface area (Å²) in [5.74, 6) is -0.646. The highest BCUT2D eigenvalue weighted by Crippen LogP contribution is 2.21. The fraction of sp³-hybridized carbons (Fsp3) is 0.231. The van der Waals surface area contributed by atoms with Gasteiger partial charge in [-0.2, -0.15) is 0 Å². The second kappa shape index (κ2) is 9.63. The van der Waals surface area contributed by atoms with E-state index in [0.717, 1.165) is 11.1 Å². The first-order chi connectivity index (χ1) is 15.4. The number of aryl methyl sites for hydroxylation is 1. The number of carbonyl (C=O) groups excluding carboxylic acids is 2. The van der Waals surface area contributed by atoms with Gasteiger partial charge in [0.05, 0.1) is 5.56 Å². The van der Waals surface area contributed by atoms with Crippen LogP contribution in [-0.4, -0.2) is 47.7 Å². The average Bonchev–Trinajstić information content (AvgIpc) is 2.81. The third-order valence-electron chi connectivity index (χ3n) is 5.78. The third-order valence-corrected chi connectivity index (χ3v) is 6.14. The molecule has 32 heavy (non-hydrogen) atoms. The fourth-order valence-electron chi connectivity index (χ4n) is 3.90. The second-order valence-corrected chi connectivity index (χ2v) is 8.45. The lowest BCUT2D eigenvalue weighted by Gasteiger charge is -2.35. The Labute approximate surface area is 192 Å². The molecular formula is C26H24ClFN2O2. The van der Waals surface area contributed by atoms with E-state index in [2.05, 4.69) is 4.90 Å². The highest BCUT2D eigenvalue weighted by Gasteiger charge is 2.26. The Morgan fingerprint density at radius 1 is 0.906 bits per heavy atom. The highest BCUT2D eigenvalue weighted by atomic mass is 35.5. The molecule has 1 heterocycles. The van der Waals surface area contributed by atoms with Gasteiger partial charge in [0.2, 0.25) is 0 Å². The van der Waals surface area contributed by atoms with Gasteiger partial charge in [-0.1, -0.05) is 65.7 Å². The molecule has 0 aliphatic carbocycles. The minimum Gasteiger partial charge on any atom is -0.336 e. The fourth-order valence-corrected chi connectivity index (χ4v) is 4.13. The van der Waals surface area contributed by atoms with Crippen LogP contribution >= 0.6 is 11.6 Å². The van der Waals surface area contributed by atoms with Gasteiger partial charge in [-0.25, -0.2) is 4.39 Å². The van der Waals surface area contributed by atoms with Crippen molar-refractivity contribution in [3.63, 3.8) is 0 Å². The van der Waals surface area contributed by atoms with Crippen molar-refractivity contribution in [2.45, 2.75) is 13.5 Å². The maximum atomic E-state index is 13.3. The van der Waals surface area contributed by atoms with E-state index in [4.69, 9.17) is 11.6 Å².